The number of aromatic amines is 1. The first kappa shape index (κ1) is 22.8. The van der Waals surface area contributed by atoms with Crippen molar-refractivity contribution in [2.75, 3.05) is 19.1 Å². The number of amides is 1. The van der Waals surface area contributed by atoms with Crippen molar-refractivity contribution in [1.82, 2.24) is 10.1 Å². The van der Waals surface area contributed by atoms with Gasteiger partial charge in [0.2, 0.25) is 0 Å². The number of ether oxygens (including phenoxy) is 2. The summed E-state index contributed by atoms with van der Waals surface area (Å²) < 4.78 is 15.2. The average Bonchev–Trinajstić information content (AvgIpc) is 3.46. The van der Waals surface area contributed by atoms with Gasteiger partial charge in [-0.3, -0.25) is 14.5 Å². The molecule has 2 N–H and O–H groups in total. The molecule has 10 heteroatoms. The first-order valence-electron chi connectivity index (χ1n) is 10.4. The van der Waals surface area contributed by atoms with Gasteiger partial charge in [-0.15, -0.1) is 0 Å². The third-order valence-corrected chi connectivity index (χ3v) is 5.78. The van der Waals surface area contributed by atoms with Crippen LogP contribution in [-0.2, 0) is 14.3 Å². The second kappa shape index (κ2) is 8.54. The van der Waals surface area contributed by atoms with E-state index in [2.05, 4.69) is 10.1 Å². The van der Waals surface area contributed by atoms with E-state index < -0.39 is 29.5 Å². The molecule has 4 rings (SSSR count). The van der Waals surface area contributed by atoms with Gasteiger partial charge in [-0.25, -0.2) is 4.79 Å². The Bertz CT molecular complexity index is 1350. The summed E-state index contributed by atoms with van der Waals surface area (Å²) in [6.45, 7) is 4.92. The smallest absolute Gasteiger partial charge is 0.354 e. The molecule has 1 aliphatic rings. The van der Waals surface area contributed by atoms with Crippen molar-refractivity contribution < 1.29 is 33.5 Å². The Morgan fingerprint density at radius 3 is 2.53 bits per heavy atom. The molecular weight excluding hydrogens is 442 g/mol. The minimum Gasteiger partial charge on any atom is -0.507 e. The number of ketones is 1. The van der Waals surface area contributed by atoms with Crippen LogP contribution in [0.15, 0.2) is 40.4 Å². The lowest BCUT2D eigenvalue weighted by molar-refractivity contribution is -0.132. The van der Waals surface area contributed by atoms with Crippen molar-refractivity contribution in [3.05, 3.63) is 69.7 Å². The van der Waals surface area contributed by atoms with E-state index in [0.29, 0.717) is 28.3 Å². The van der Waals surface area contributed by atoms with Crippen LogP contribution in [0, 0.1) is 20.8 Å². The molecule has 3 aromatic rings. The van der Waals surface area contributed by atoms with Crippen molar-refractivity contribution in [1.29, 1.82) is 0 Å². The highest BCUT2D eigenvalue weighted by Gasteiger charge is 2.48. The van der Waals surface area contributed by atoms with E-state index in [1.54, 1.807) is 45.0 Å². The zero-order valence-electron chi connectivity index (χ0n) is 19.3. The lowest BCUT2D eigenvalue weighted by Gasteiger charge is -2.23. The molecule has 1 fully saturated rings. The molecule has 0 bridgehead atoms. The van der Waals surface area contributed by atoms with Crippen LogP contribution in [0.5, 0.6) is 5.75 Å². The monoisotopic (exact) mass is 465 g/mol. The molecule has 0 radical (unpaired) electrons. The highest BCUT2D eigenvalue weighted by Crippen LogP contribution is 2.43. The van der Waals surface area contributed by atoms with E-state index in [9.17, 15) is 19.5 Å². The Hall–Kier alpha value is -4.34. The molecular formula is C24H23N3O7. The number of methoxy groups -OCH3 is 2. The fraction of sp³-hybridized carbons (Fsp3) is 0.250. The fourth-order valence-electron chi connectivity index (χ4n) is 4.21. The van der Waals surface area contributed by atoms with E-state index in [0.717, 1.165) is 0 Å². The van der Waals surface area contributed by atoms with E-state index in [1.165, 1.54) is 25.2 Å². The zero-order chi connectivity index (χ0) is 24.7. The first-order valence-corrected chi connectivity index (χ1v) is 10.4. The number of aromatic nitrogens is 2. The van der Waals surface area contributed by atoms with Gasteiger partial charge in [0.25, 0.3) is 5.78 Å². The van der Waals surface area contributed by atoms with Gasteiger partial charge in [-0.2, -0.15) is 0 Å². The lowest BCUT2D eigenvalue weighted by Crippen LogP contribution is -2.29. The van der Waals surface area contributed by atoms with Gasteiger partial charge in [0.15, 0.2) is 5.82 Å². The molecule has 1 atom stereocenters. The average molecular weight is 465 g/mol. The first-order chi connectivity index (χ1) is 16.2. The van der Waals surface area contributed by atoms with Crippen LogP contribution >= 0.6 is 0 Å². The molecule has 0 saturated carbocycles. The SMILES string of the molecule is COC(=O)c1[nH]c(C)c(/C(O)=C2\C(=O)C(=O)N(c3cc(C)on3)C2c2cccc(OC)c2)c1C. The molecule has 0 spiro atoms. The minimum absolute atomic E-state index is 0.129. The Labute approximate surface area is 194 Å². The highest BCUT2D eigenvalue weighted by atomic mass is 16.5. The predicted octanol–water partition coefficient (Wildman–Crippen LogP) is 3.35. The third-order valence-electron chi connectivity index (χ3n) is 5.78. The molecule has 34 heavy (non-hydrogen) atoms. The molecule has 176 valence electrons. The second-order valence-corrected chi connectivity index (χ2v) is 7.86. The maximum absolute atomic E-state index is 13.3. The number of carbonyl (C=O) groups is 3. The zero-order valence-corrected chi connectivity index (χ0v) is 19.3. The lowest BCUT2D eigenvalue weighted by atomic mass is 9.94. The number of esters is 1. The number of Topliss-reactive ketones (excluding diaryl/α,β-unsaturated/α-hetero) is 1. The standard InChI is InChI=1S/C24H23N3O7/c1-11-9-16(26-34-11)27-20(14-7-6-8-15(10-14)32-4)18(22(29)23(27)30)21(28)17-12(2)19(24(31)33-5)25-13(17)3/h6-10,20,25,28H,1-5H3/b21-18+. The van der Waals surface area contributed by atoms with Crippen molar-refractivity contribution in [2.24, 2.45) is 0 Å². The van der Waals surface area contributed by atoms with Gasteiger partial charge < -0.3 is 24.1 Å². The number of rotatable bonds is 5. The summed E-state index contributed by atoms with van der Waals surface area (Å²) in [6, 6.07) is 7.32. The Morgan fingerprint density at radius 1 is 1.18 bits per heavy atom. The molecule has 1 unspecified atom stereocenters. The van der Waals surface area contributed by atoms with Crippen LogP contribution < -0.4 is 9.64 Å². The molecule has 1 aromatic carbocycles. The summed E-state index contributed by atoms with van der Waals surface area (Å²) in [7, 11) is 2.74. The van der Waals surface area contributed by atoms with Crippen LogP contribution in [0.2, 0.25) is 0 Å². The van der Waals surface area contributed by atoms with Crippen LogP contribution in [0.3, 0.4) is 0 Å². The Morgan fingerprint density at radius 2 is 1.91 bits per heavy atom. The number of hydrogen-bond acceptors (Lipinski definition) is 8. The van der Waals surface area contributed by atoms with Crippen LogP contribution in [-0.4, -0.2) is 47.1 Å². The van der Waals surface area contributed by atoms with Gasteiger partial charge in [0.05, 0.1) is 25.8 Å². The molecule has 1 amide bonds. The predicted molar refractivity (Wildman–Crippen MR) is 121 cm³/mol. The molecule has 1 saturated heterocycles. The maximum Gasteiger partial charge on any atom is 0.354 e. The number of carbonyl (C=O) groups excluding carboxylic acids is 3. The fourth-order valence-corrected chi connectivity index (χ4v) is 4.21. The number of benzene rings is 1. The molecule has 0 aliphatic carbocycles. The van der Waals surface area contributed by atoms with Crippen LogP contribution in [0.25, 0.3) is 5.76 Å². The Kier molecular flexibility index (Phi) is 5.74. The second-order valence-electron chi connectivity index (χ2n) is 7.86. The summed E-state index contributed by atoms with van der Waals surface area (Å²) in [5.41, 5.74) is 1.56. The van der Waals surface area contributed by atoms with E-state index in [-0.39, 0.29) is 22.6 Å². The van der Waals surface area contributed by atoms with Crippen molar-refractivity contribution in [3.8, 4) is 5.75 Å². The quantitative estimate of drug-likeness (QED) is 0.253. The van der Waals surface area contributed by atoms with Gasteiger partial charge in [-0.05, 0) is 44.0 Å². The molecule has 10 nitrogen and oxygen atoms in total. The van der Waals surface area contributed by atoms with Gasteiger partial charge >= 0.3 is 11.9 Å². The minimum atomic E-state index is -1.02. The normalized spacial score (nSPS) is 17.3. The van der Waals surface area contributed by atoms with E-state index in [4.69, 9.17) is 14.0 Å². The van der Waals surface area contributed by atoms with Crippen LogP contribution in [0.1, 0.15) is 44.7 Å². The number of nitrogens with one attached hydrogen (secondary N) is 1. The van der Waals surface area contributed by atoms with Gasteiger partial charge in [0.1, 0.15) is 23.0 Å². The number of aliphatic hydroxyl groups excluding tert-OH is 1. The Balaban J connectivity index is 1.99. The number of aliphatic hydroxyl groups is 1. The summed E-state index contributed by atoms with van der Waals surface area (Å²) in [4.78, 5) is 42.6. The third kappa shape index (κ3) is 3.53. The molecule has 3 heterocycles. The topological polar surface area (TPSA) is 135 Å². The molecule has 2 aromatic heterocycles. The van der Waals surface area contributed by atoms with Gasteiger partial charge in [0, 0.05) is 17.3 Å². The van der Waals surface area contributed by atoms with Crippen molar-refractivity contribution in [2.45, 2.75) is 26.8 Å². The number of anilines is 1. The maximum atomic E-state index is 13.3. The van der Waals surface area contributed by atoms with Crippen molar-refractivity contribution in [3.63, 3.8) is 0 Å². The largest absolute Gasteiger partial charge is 0.507 e. The number of nitrogens with zero attached hydrogens (tertiary/aromatic N) is 2. The number of aryl methyl sites for hydroxylation is 2. The highest BCUT2D eigenvalue weighted by molar-refractivity contribution is 6.51. The van der Waals surface area contributed by atoms with E-state index >= 15 is 0 Å². The molecule has 1 aliphatic heterocycles. The van der Waals surface area contributed by atoms with Crippen molar-refractivity contribution >= 4 is 29.2 Å². The summed E-state index contributed by atoms with van der Waals surface area (Å²) in [5, 5.41) is 15.3. The van der Waals surface area contributed by atoms with Crippen LogP contribution in [0.4, 0.5) is 5.82 Å². The summed E-state index contributed by atoms with van der Waals surface area (Å²) in [5.74, 6) is -1.74. The van der Waals surface area contributed by atoms with Gasteiger partial charge in [-0.1, -0.05) is 17.3 Å². The number of hydrogen-bond donors (Lipinski definition) is 2. The number of H-pyrrole nitrogens is 1. The summed E-state index contributed by atoms with van der Waals surface area (Å²) in [6.07, 6.45) is 0. The van der Waals surface area contributed by atoms with E-state index in [1.807, 2.05) is 0 Å². The summed E-state index contributed by atoms with van der Waals surface area (Å²) >= 11 is 0.